The first kappa shape index (κ1) is 12.2. The molecule has 0 bridgehead atoms. The maximum Gasteiger partial charge on any atom is 0.248 e. The summed E-state index contributed by atoms with van der Waals surface area (Å²) in [6.45, 7) is 0. The zero-order valence-corrected chi connectivity index (χ0v) is 11.1. The largest absolute Gasteiger partial charge is 0.257 e. The van der Waals surface area contributed by atoms with Crippen molar-refractivity contribution in [2.45, 2.75) is 37.0 Å². The summed E-state index contributed by atoms with van der Waals surface area (Å²) in [5, 5.41) is 0. The van der Waals surface area contributed by atoms with Gasteiger partial charge in [-0.25, -0.2) is 13.2 Å². The third-order valence-electron chi connectivity index (χ3n) is 3.88. The number of fused-ring (bicyclic) bond motifs is 2. The molecule has 0 amide bonds. The Morgan fingerprint density at radius 3 is 2.44 bits per heavy atom. The summed E-state index contributed by atoms with van der Waals surface area (Å²) >= 11 is 3.24. The standard InChI is InChI=1S/C13H11BrF3N/c14-8-5-9-11(10(15)6-8)18-7-12(9)1-3-13(16,17)4-2-12/h5-7H,1-4H2. The maximum absolute atomic E-state index is 13.7. The van der Waals surface area contributed by atoms with Crippen LogP contribution in [-0.2, 0) is 5.41 Å². The van der Waals surface area contributed by atoms with Crippen LogP contribution in [0.5, 0.6) is 0 Å². The minimum Gasteiger partial charge on any atom is -0.257 e. The van der Waals surface area contributed by atoms with Crippen LogP contribution in [0.25, 0.3) is 0 Å². The highest BCUT2D eigenvalue weighted by molar-refractivity contribution is 9.10. The van der Waals surface area contributed by atoms with E-state index in [1.807, 2.05) is 0 Å². The number of nitrogens with zero attached hydrogens (tertiary/aromatic N) is 1. The topological polar surface area (TPSA) is 12.4 Å². The quantitative estimate of drug-likeness (QED) is 0.654. The van der Waals surface area contributed by atoms with Crippen molar-refractivity contribution >= 4 is 27.8 Å². The molecular formula is C13H11BrF3N. The van der Waals surface area contributed by atoms with Gasteiger partial charge in [-0.05, 0) is 30.5 Å². The van der Waals surface area contributed by atoms with Gasteiger partial charge in [-0.3, -0.25) is 4.99 Å². The minimum absolute atomic E-state index is 0.160. The Morgan fingerprint density at radius 1 is 1.11 bits per heavy atom. The Bertz CT molecular complexity index is 529. The maximum atomic E-state index is 13.7. The Labute approximate surface area is 111 Å². The molecule has 1 nitrogen and oxygen atoms in total. The molecule has 0 saturated heterocycles. The van der Waals surface area contributed by atoms with Gasteiger partial charge >= 0.3 is 0 Å². The minimum atomic E-state index is -2.59. The summed E-state index contributed by atoms with van der Waals surface area (Å²) in [6.07, 6.45) is 1.99. The van der Waals surface area contributed by atoms with Gasteiger partial charge in [0.05, 0.1) is 0 Å². The lowest BCUT2D eigenvalue weighted by molar-refractivity contribution is -0.0432. The third kappa shape index (κ3) is 1.79. The van der Waals surface area contributed by atoms with Crippen LogP contribution in [0, 0.1) is 5.82 Å². The first-order chi connectivity index (χ1) is 8.42. The third-order valence-corrected chi connectivity index (χ3v) is 4.34. The summed E-state index contributed by atoms with van der Waals surface area (Å²) in [5.74, 6) is -2.99. The van der Waals surface area contributed by atoms with Gasteiger partial charge in [0.25, 0.3) is 0 Å². The molecule has 18 heavy (non-hydrogen) atoms. The van der Waals surface area contributed by atoms with E-state index < -0.39 is 17.2 Å². The molecule has 0 unspecified atom stereocenters. The molecule has 0 radical (unpaired) electrons. The van der Waals surface area contributed by atoms with Crippen LogP contribution < -0.4 is 0 Å². The number of rotatable bonds is 0. The van der Waals surface area contributed by atoms with E-state index in [9.17, 15) is 13.2 Å². The normalized spacial score (nSPS) is 23.3. The molecule has 96 valence electrons. The van der Waals surface area contributed by atoms with E-state index in [0.29, 0.717) is 23.0 Å². The molecule has 1 aromatic carbocycles. The van der Waals surface area contributed by atoms with Crippen molar-refractivity contribution in [2.75, 3.05) is 0 Å². The van der Waals surface area contributed by atoms with Crippen LogP contribution in [-0.4, -0.2) is 12.1 Å². The van der Waals surface area contributed by atoms with Gasteiger partial charge in [-0.1, -0.05) is 15.9 Å². The van der Waals surface area contributed by atoms with E-state index in [4.69, 9.17) is 0 Å². The lowest BCUT2D eigenvalue weighted by atomic mass is 9.70. The van der Waals surface area contributed by atoms with Crippen LogP contribution in [0.3, 0.4) is 0 Å². The van der Waals surface area contributed by atoms with Gasteiger partial charge < -0.3 is 0 Å². The van der Waals surface area contributed by atoms with Crippen LogP contribution in [0.2, 0.25) is 0 Å². The first-order valence-electron chi connectivity index (χ1n) is 5.85. The van der Waals surface area contributed by atoms with Crippen molar-refractivity contribution in [3.63, 3.8) is 0 Å². The van der Waals surface area contributed by atoms with Crippen molar-refractivity contribution < 1.29 is 13.2 Å². The summed E-state index contributed by atoms with van der Waals surface area (Å²) in [7, 11) is 0. The van der Waals surface area contributed by atoms with E-state index in [0.717, 1.165) is 5.56 Å². The highest BCUT2D eigenvalue weighted by Crippen LogP contribution is 2.51. The summed E-state index contributed by atoms with van der Waals surface area (Å²) in [5.41, 5.74) is 0.551. The molecular weight excluding hydrogens is 307 g/mol. The van der Waals surface area contributed by atoms with Crippen molar-refractivity contribution in [1.29, 1.82) is 0 Å². The number of alkyl halides is 2. The monoisotopic (exact) mass is 317 g/mol. The molecule has 1 aliphatic heterocycles. The van der Waals surface area contributed by atoms with E-state index in [1.165, 1.54) is 6.07 Å². The number of aliphatic imine (C=N–C) groups is 1. The Hall–Kier alpha value is -0.840. The summed E-state index contributed by atoms with van der Waals surface area (Å²) < 4.78 is 40.9. The lowest BCUT2D eigenvalue weighted by Crippen LogP contribution is -2.36. The van der Waals surface area contributed by atoms with Crippen molar-refractivity contribution in [2.24, 2.45) is 4.99 Å². The molecule has 0 atom stereocenters. The van der Waals surface area contributed by atoms with Crippen molar-refractivity contribution in [3.8, 4) is 0 Å². The molecule has 1 spiro atoms. The molecule has 1 saturated carbocycles. The summed E-state index contributed by atoms with van der Waals surface area (Å²) in [6, 6.07) is 3.15. The number of halogens is 4. The van der Waals surface area contributed by atoms with E-state index >= 15 is 0 Å². The Kier molecular flexibility index (Phi) is 2.59. The number of hydrogen-bond donors (Lipinski definition) is 0. The van der Waals surface area contributed by atoms with Crippen LogP contribution in [0.4, 0.5) is 18.9 Å². The van der Waals surface area contributed by atoms with Crippen molar-refractivity contribution in [3.05, 3.63) is 28.0 Å². The molecule has 1 aromatic rings. The van der Waals surface area contributed by atoms with Gasteiger partial charge in [0.15, 0.2) is 0 Å². The molecule has 3 rings (SSSR count). The average Bonchev–Trinajstić information content (AvgIpc) is 2.63. The van der Waals surface area contributed by atoms with Crippen LogP contribution >= 0.6 is 15.9 Å². The molecule has 1 fully saturated rings. The van der Waals surface area contributed by atoms with Gasteiger partial charge in [-0.2, -0.15) is 0 Å². The lowest BCUT2D eigenvalue weighted by Gasteiger charge is -2.35. The fraction of sp³-hybridized carbons (Fsp3) is 0.462. The zero-order chi connectivity index (χ0) is 13.0. The van der Waals surface area contributed by atoms with Crippen molar-refractivity contribution in [1.82, 2.24) is 0 Å². The molecule has 2 aliphatic rings. The number of benzene rings is 1. The Morgan fingerprint density at radius 2 is 1.78 bits per heavy atom. The van der Waals surface area contributed by atoms with Gasteiger partial charge in [0.2, 0.25) is 5.92 Å². The second-order valence-electron chi connectivity index (χ2n) is 5.05. The van der Waals surface area contributed by atoms with Gasteiger partial charge in [0, 0.05) is 28.9 Å². The molecule has 1 heterocycles. The first-order valence-corrected chi connectivity index (χ1v) is 6.64. The van der Waals surface area contributed by atoms with E-state index in [-0.39, 0.29) is 12.8 Å². The SMILES string of the molecule is Fc1cc(Br)cc2c1N=CC21CCC(F)(F)CC1. The predicted octanol–water partition coefficient (Wildman–Crippen LogP) is 4.75. The Balaban J connectivity index is 2.03. The molecule has 0 N–H and O–H groups in total. The van der Waals surface area contributed by atoms with Crippen LogP contribution in [0.1, 0.15) is 31.2 Å². The fourth-order valence-corrected chi connectivity index (χ4v) is 3.22. The average molecular weight is 318 g/mol. The smallest absolute Gasteiger partial charge is 0.248 e. The van der Waals surface area contributed by atoms with E-state index in [2.05, 4.69) is 20.9 Å². The fourth-order valence-electron chi connectivity index (χ4n) is 2.79. The number of hydrogen-bond acceptors (Lipinski definition) is 1. The zero-order valence-electron chi connectivity index (χ0n) is 9.52. The molecule has 1 aliphatic carbocycles. The molecule has 0 aromatic heterocycles. The highest BCUT2D eigenvalue weighted by Gasteiger charge is 2.46. The molecule has 5 heteroatoms. The highest BCUT2D eigenvalue weighted by atomic mass is 79.9. The predicted molar refractivity (Wildman–Crippen MR) is 67.3 cm³/mol. The van der Waals surface area contributed by atoms with Crippen LogP contribution in [0.15, 0.2) is 21.6 Å². The van der Waals surface area contributed by atoms with Gasteiger partial charge in [0.1, 0.15) is 11.5 Å². The second-order valence-corrected chi connectivity index (χ2v) is 5.97. The van der Waals surface area contributed by atoms with E-state index in [1.54, 1.807) is 12.3 Å². The van der Waals surface area contributed by atoms with Gasteiger partial charge in [-0.15, -0.1) is 0 Å². The second kappa shape index (κ2) is 3.83. The summed E-state index contributed by atoms with van der Waals surface area (Å²) in [4.78, 5) is 4.10.